The molecule has 6 rings (SSSR count). The molecular weight excluding hydrogens is 572 g/mol. The highest BCUT2D eigenvalue weighted by atomic mass is 35.5. The lowest BCUT2D eigenvalue weighted by molar-refractivity contribution is -0.0444. The monoisotopic (exact) mass is 610 g/mol. The van der Waals surface area contributed by atoms with Gasteiger partial charge in [-0.1, -0.05) is 30.0 Å². The number of nitrogens with zero attached hydrogens (tertiary/aromatic N) is 1. The Hall–Kier alpha value is -2.73. The number of nitrogens with one attached hydrogen (secondary N) is 1. The van der Waals surface area contributed by atoms with Crippen molar-refractivity contribution in [1.29, 1.82) is 0 Å². The van der Waals surface area contributed by atoms with E-state index in [1.54, 1.807) is 25.1 Å². The Balaban J connectivity index is 1.43. The molecule has 0 saturated heterocycles. The van der Waals surface area contributed by atoms with Crippen molar-refractivity contribution >= 4 is 33.2 Å². The molecule has 0 aromatic heterocycles. The number of hydrogen-bond donors (Lipinski definition) is 2. The molecule has 4 aliphatic rings. The minimum Gasteiger partial charge on any atom is -0.490 e. The number of fused-ring (bicyclic) bond motifs is 4. The predicted octanol–water partition coefficient (Wildman–Crippen LogP) is 5.23. The number of sulfonamides is 1. The van der Waals surface area contributed by atoms with Gasteiger partial charge in [0.25, 0.3) is 5.91 Å². The number of anilines is 1. The number of rotatable bonds is 0. The van der Waals surface area contributed by atoms with Crippen molar-refractivity contribution in [2.24, 2.45) is 11.8 Å². The third-order valence-electron chi connectivity index (χ3n) is 9.85. The first-order chi connectivity index (χ1) is 20.1. The number of amides is 1. The molecule has 2 heterocycles. The third-order valence-corrected chi connectivity index (χ3v) is 11.4. The lowest BCUT2D eigenvalue weighted by atomic mass is 9.63. The van der Waals surface area contributed by atoms with Crippen LogP contribution in [0, 0.1) is 23.7 Å². The molecule has 2 aromatic rings. The van der Waals surface area contributed by atoms with Crippen LogP contribution in [-0.4, -0.2) is 50.5 Å². The molecular formula is C33H39ClN2O5S. The number of benzene rings is 2. The summed E-state index contributed by atoms with van der Waals surface area (Å²) in [5.41, 5.74) is 2.17. The van der Waals surface area contributed by atoms with Gasteiger partial charge in [-0.25, -0.2) is 13.1 Å². The van der Waals surface area contributed by atoms with E-state index >= 15 is 0 Å². The summed E-state index contributed by atoms with van der Waals surface area (Å²) in [4.78, 5) is 15.5. The van der Waals surface area contributed by atoms with Gasteiger partial charge in [0, 0.05) is 35.0 Å². The number of hydrogen-bond acceptors (Lipinski definition) is 6. The molecule has 0 radical (unpaired) electrons. The molecule has 9 heteroatoms. The first-order valence-electron chi connectivity index (χ1n) is 15.1. The number of carbonyl (C=O) groups is 1. The molecule has 0 unspecified atom stereocenters. The van der Waals surface area contributed by atoms with Gasteiger partial charge in [0.05, 0.1) is 18.0 Å². The van der Waals surface area contributed by atoms with Crippen LogP contribution in [0.3, 0.4) is 0 Å². The van der Waals surface area contributed by atoms with Crippen molar-refractivity contribution in [2.75, 3.05) is 30.3 Å². The molecule has 224 valence electrons. The minimum absolute atomic E-state index is 0.0223. The van der Waals surface area contributed by atoms with Gasteiger partial charge in [-0.3, -0.25) is 4.79 Å². The van der Waals surface area contributed by atoms with E-state index in [0.717, 1.165) is 42.8 Å². The smallest absolute Gasteiger partial charge is 0.264 e. The molecule has 2 bridgehead atoms. The Morgan fingerprint density at radius 2 is 1.95 bits per heavy atom. The summed E-state index contributed by atoms with van der Waals surface area (Å²) >= 11 is 6.39. The molecule has 1 spiro atoms. The highest BCUT2D eigenvalue weighted by Gasteiger charge is 2.48. The fourth-order valence-electron chi connectivity index (χ4n) is 7.63. The average molecular weight is 611 g/mol. The van der Waals surface area contributed by atoms with E-state index in [1.165, 1.54) is 11.1 Å². The Morgan fingerprint density at radius 1 is 1.10 bits per heavy atom. The van der Waals surface area contributed by atoms with Gasteiger partial charge in [0.2, 0.25) is 10.0 Å². The van der Waals surface area contributed by atoms with E-state index in [4.69, 9.17) is 16.3 Å². The second-order valence-electron chi connectivity index (χ2n) is 12.6. The van der Waals surface area contributed by atoms with Crippen LogP contribution in [0.5, 0.6) is 5.75 Å². The van der Waals surface area contributed by atoms with E-state index in [-0.39, 0.29) is 28.6 Å². The molecule has 2 N–H and O–H groups in total. The molecule has 1 saturated carbocycles. The number of halogens is 1. The predicted molar refractivity (Wildman–Crippen MR) is 165 cm³/mol. The van der Waals surface area contributed by atoms with Gasteiger partial charge in [-0.05, 0) is 106 Å². The fourth-order valence-corrected chi connectivity index (χ4v) is 8.91. The first-order valence-corrected chi connectivity index (χ1v) is 17.2. The summed E-state index contributed by atoms with van der Waals surface area (Å²) in [7, 11) is -3.80. The molecule has 7 nitrogen and oxygen atoms in total. The fraction of sp³-hybridized carbons (Fsp3) is 0.545. The highest BCUT2D eigenvalue weighted by molar-refractivity contribution is 7.90. The Labute approximate surface area is 254 Å². The summed E-state index contributed by atoms with van der Waals surface area (Å²) in [5.74, 6) is 6.25. The topological polar surface area (TPSA) is 95.9 Å². The van der Waals surface area contributed by atoms with Crippen molar-refractivity contribution in [2.45, 2.75) is 75.7 Å². The van der Waals surface area contributed by atoms with Crippen LogP contribution in [0.4, 0.5) is 5.69 Å². The lowest BCUT2D eigenvalue weighted by Crippen LogP contribution is -2.52. The van der Waals surface area contributed by atoms with Gasteiger partial charge in [0.1, 0.15) is 11.4 Å². The average Bonchev–Trinajstić information content (AvgIpc) is 3.07. The van der Waals surface area contributed by atoms with Crippen molar-refractivity contribution in [3.63, 3.8) is 0 Å². The SMILES string of the molecule is CC#C[C@]1(O)CCCCCS(=O)(=O)NC(=O)c2ccc3c(c2)N(C[C@@H]2CC[C@H]21)C[C@@]1(CCCc2cc(Cl)ccc21)CO3. The summed E-state index contributed by atoms with van der Waals surface area (Å²) < 4.78 is 34.3. The molecule has 2 aliphatic heterocycles. The number of ether oxygens (including phenoxy) is 1. The van der Waals surface area contributed by atoms with E-state index in [0.29, 0.717) is 51.1 Å². The van der Waals surface area contributed by atoms with Crippen LogP contribution >= 0.6 is 11.6 Å². The van der Waals surface area contributed by atoms with Gasteiger partial charge in [-0.15, -0.1) is 5.92 Å². The molecule has 1 amide bonds. The summed E-state index contributed by atoms with van der Waals surface area (Å²) in [6.45, 7) is 3.62. The van der Waals surface area contributed by atoms with Crippen molar-refractivity contribution in [1.82, 2.24) is 4.72 Å². The molecule has 2 aliphatic carbocycles. The molecule has 2 aromatic carbocycles. The maximum absolute atomic E-state index is 13.2. The molecule has 42 heavy (non-hydrogen) atoms. The van der Waals surface area contributed by atoms with E-state index in [1.807, 2.05) is 6.07 Å². The third kappa shape index (κ3) is 5.64. The van der Waals surface area contributed by atoms with E-state index in [2.05, 4.69) is 33.6 Å². The maximum atomic E-state index is 13.2. The van der Waals surface area contributed by atoms with Crippen LogP contribution in [0.25, 0.3) is 0 Å². The number of aliphatic hydroxyl groups is 1. The quantitative estimate of drug-likeness (QED) is 0.397. The Kier molecular flexibility index (Phi) is 7.97. The van der Waals surface area contributed by atoms with Crippen molar-refractivity contribution in [3.05, 3.63) is 58.1 Å². The van der Waals surface area contributed by atoms with Gasteiger partial charge < -0.3 is 14.7 Å². The summed E-state index contributed by atoms with van der Waals surface area (Å²) in [5, 5.41) is 12.6. The first kappa shape index (κ1) is 29.3. The Morgan fingerprint density at radius 3 is 2.74 bits per heavy atom. The van der Waals surface area contributed by atoms with Gasteiger partial charge in [0.15, 0.2) is 0 Å². The number of carbonyl (C=O) groups excluding carboxylic acids is 1. The maximum Gasteiger partial charge on any atom is 0.264 e. The molecule has 1 fully saturated rings. The normalized spacial score (nSPS) is 30.7. The Bertz CT molecular complexity index is 1550. The van der Waals surface area contributed by atoms with Crippen LogP contribution in [0.2, 0.25) is 5.02 Å². The summed E-state index contributed by atoms with van der Waals surface area (Å²) in [6.07, 6.45) is 7.04. The second kappa shape index (κ2) is 11.4. The summed E-state index contributed by atoms with van der Waals surface area (Å²) in [6, 6.07) is 11.3. The number of aryl methyl sites for hydroxylation is 1. The van der Waals surface area contributed by atoms with Crippen molar-refractivity contribution < 1.29 is 23.1 Å². The molecule has 4 atom stereocenters. The van der Waals surface area contributed by atoms with E-state index in [9.17, 15) is 18.3 Å². The standard InChI is InChI=1S/C33H39ClN2O5S/c1-2-14-33(38)16-4-3-5-17-42(39,40)35-31(37)24-9-13-30-29(19-24)36(20-25-8-11-28(25)33)21-32(22-41-30)15-6-7-23-18-26(34)10-12-27(23)32/h9-10,12-13,18-19,25,28,38H,3-8,11,15-17,20-22H2,1H3,(H,35,37)/t25-,28+,32-,33-/m0/s1. The van der Waals surface area contributed by atoms with Crippen molar-refractivity contribution in [3.8, 4) is 17.6 Å². The van der Waals surface area contributed by atoms with Crippen LogP contribution in [-0.2, 0) is 21.9 Å². The highest BCUT2D eigenvalue weighted by Crippen LogP contribution is 2.48. The zero-order valence-corrected chi connectivity index (χ0v) is 25.7. The van der Waals surface area contributed by atoms with E-state index < -0.39 is 21.5 Å². The van der Waals surface area contributed by atoms with Crippen LogP contribution < -0.4 is 14.4 Å². The van der Waals surface area contributed by atoms with Gasteiger partial charge >= 0.3 is 0 Å². The largest absolute Gasteiger partial charge is 0.490 e. The zero-order valence-electron chi connectivity index (χ0n) is 24.1. The van der Waals surface area contributed by atoms with Crippen LogP contribution in [0.15, 0.2) is 36.4 Å². The minimum atomic E-state index is -3.80. The van der Waals surface area contributed by atoms with Crippen LogP contribution in [0.1, 0.15) is 79.8 Å². The lowest BCUT2D eigenvalue weighted by Gasteiger charge is -2.48. The van der Waals surface area contributed by atoms with Gasteiger partial charge in [-0.2, -0.15) is 0 Å². The second-order valence-corrected chi connectivity index (χ2v) is 14.9. The zero-order chi connectivity index (χ0) is 29.5.